The zero-order valence-corrected chi connectivity index (χ0v) is 9.28. The van der Waals surface area contributed by atoms with Crippen molar-refractivity contribution < 1.29 is 19.4 Å². The fourth-order valence-electron chi connectivity index (χ4n) is 1.20. The first-order valence-corrected chi connectivity index (χ1v) is 5.06. The van der Waals surface area contributed by atoms with Gasteiger partial charge in [-0.25, -0.2) is 0 Å². The van der Waals surface area contributed by atoms with Gasteiger partial charge < -0.3 is 15.2 Å². The van der Waals surface area contributed by atoms with E-state index in [1.165, 1.54) is 0 Å². The molecule has 0 heterocycles. The number of hydrogen-bond acceptors (Lipinski definition) is 3. The second-order valence-corrected chi connectivity index (χ2v) is 3.52. The standard InChI is InChI=1S/C10H19NO4/c1-8(7-15-2)11-9(12)5-3-4-6-10(13)14/h8H,3-7H2,1-2H3,(H,11,12)(H,13,14). The Balaban J connectivity index is 3.44. The molecule has 0 saturated heterocycles. The number of aliphatic carboxylic acids is 1. The summed E-state index contributed by atoms with van der Waals surface area (Å²) < 4.78 is 4.87. The summed E-state index contributed by atoms with van der Waals surface area (Å²) in [7, 11) is 1.58. The highest BCUT2D eigenvalue weighted by molar-refractivity contribution is 5.76. The quantitative estimate of drug-likeness (QED) is 0.589. The van der Waals surface area contributed by atoms with Gasteiger partial charge in [-0.15, -0.1) is 0 Å². The van der Waals surface area contributed by atoms with Crippen molar-refractivity contribution in [1.82, 2.24) is 5.32 Å². The molecule has 0 aromatic heterocycles. The summed E-state index contributed by atoms with van der Waals surface area (Å²) in [6, 6.07) is 0.00183. The highest BCUT2D eigenvalue weighted by Crippen LogP contribution is 2.00. The molecular formula is C10H19NO4. The lowest BCUT2D eigenvalue weighted by molar-refractivity contribution is -0.137. The molecule has 0 bridgehead atoms. The Kier molecular flexibility index (Phi) is 7.62. The first-order valence-electron chi connectivity index (χ1n) is 5.06. The van der Waals surface area contributed by atoms with Crippen molar-refractivity contribution in [2.24, 2.45) is 0 Å². The van der Waals surface area contributed by atoms with Gasteiger partial charge in [-0.2, -0.15) is 0 Å². The van der Waals surface area contributed by atoms with Crippen molar-refractivity contribution in [1.29, 1.82) is 0 Å². The van der Waals surface area contributed by atoms with E-state index in [0.717, 1.165) is 0 Å². The van der Waals surface area contributed by atoms with Gasteiger partial charge >= 0.3 is 5.97 Å². The molecule has 0 aliphatic heterocycles. The number of amides is 1. The highest BCUT2D eigenvalue weighted by Gasteiger charge is 2.06. The smallest absolute Gasteiger partial charge is 0.303 e. The van der Waals surface area contributed by atoms with Gasteiger partial charge in [-0.1, -0.05) is 0 Å². The molecule has 15 heavy (non-hydrogen) atoms. The van der Waals surface area contributed by atoms with Crippen molar-refractivity contribution in [3.63, 3.8) is 0 Å². The number of hydrogen-bond donors (Lipinski definition) is 2. The Hall–Kier alpha value is -1.10. The second-order valence-electron chi connectivity index (χ2n) is 3.52. The predicted octanol–water partition coefficient (Wildman–Crippen LogP) is 0.782. The predicted molar refractivity (Wildman–Crippen MR) is 55.6 cm³/mol. The number of ether oxygens (including phenoxy) is 1. The molecule has 0 fully saturated rings. The first-order chi connectivity index (χ1) is 7.06. The molecule has 0 aliphatic carbocycles. The van der Waals surface area contributed by atoms with E-state index in [1.54, 1.807) is 7.11 Å². The van der Waals surface area contributed by atoms with Crippen LogP contribution in [0.5, 0.6) is 0 Å². The zero-order chi connectivity index (χ0) is 11.7. The molecule has 0 saturated carbocycles. The minimum Gasteiger partial charge on any atom is -0.481 e. The van der Waals surface area contributed by atoms with Crippen LogP contribution >= 0.6 is 0 Å². The molecule has 5 nitrogen and oxygen atoms in total. The second kappa shape index (κ2) is 8.23. The molecule has 88 valence electrons. The average Bonchev–Trinajstić information content (AvgIpc) is 2.12. The molecule has 0 aromatic carbocycles. The van der Waals surface area contributed by atoms with Gasteiger partial charge in [0.25, 0.3) is 0 Å². The summed E-state index contributed by atoms with van der Waals surface area (Å²) in [5.74, 6) is -0.868. The van der Waals surface area contributed by atoms with Crippen LogP contribution < -0.4 is 5.32 Å². The Morgan fingerprint density at radius 1 is 1.33 bits per heavy atom. The van der Waals surface area contributed by atoms with Crippen LogP contribution in [0.4, 0.5) is 0 Å². The fourth-order valence-corrected chi connectivity index (χ4v) is 1.20. The van der Waals surface area contributed by atoms with Crippen LogP contribution in [-0.2, 0) is 14.3 Å². The van der Waals surface area contributed by atoms with Gasteiger partial charge in [-0.05, 0) is 19.8 Å². The summed E-state index contributed by atoms with van der Waals surface area (Å²) in [6.07, 6.45) is 1.65. The third kappa shape index (κ3) is 9.21. The number of unbranched alkanes of at least 4 members (excludes halogenated alkanes) is 1. The Morgan fingerprint density at radius 3 is 2.47 bits per heavy atom. The maximum atomic E-state index is 11.3. The minimum absolute atomic E-state index is 0.00183. The van der Waals surface area contributed by atoms with Crippen LogP contribution in [0.2, 0.25) is 0 Å². The van der Waals surface area contributed by atoms with Gasteiger partial charge in [-0.3, -0.25) is 9.59 Å². The van der Waals surface area contributed by atoms with E-state index >= 15 is 0 Å². The largest absolute Gasteiger partial charge is 0.481 e. The molecule has 0 aliphatic rings. The summed E-state index contributed by atoms with van der Waals surface area (Å²) in [5, 5.41) is 11.1. The molecule has 2 N–H and O–H groups in total. The van der Waals surface area contributed by atoms with Crippen LogP contribution in [-0.4, -0.2) is 36.7 Å². The van der Waals surface area contributed by atoms with Gasteiger partial charge in [0.05, 0.1) is 6.61 Å². The van der Waals surface area contributed by atoms with Gasteiger partial charge in [0.15, 0.2) is 0 Å². The van der Waals surface area contributed by atoms with Crippen LogP contribution in [0.1, 0.15) is 32.6 Å². The number of rotatable bonds is 8. The number of methoxy groups -OCH3 is 1. The number of carboxylic acid groups (broad SMARTS) is 1. The van der Waals surface area contributed by atoms with Crippen molar-refractivity contribution in [2.45, 2.75) is 38.6 Å². The number of carbonyl (C=O) groups is 2. The number of nitrogens with one attached hydrogen (secondary N) is 1. The zero-order valence-electron chi connectivity index (χ0n) is 9.28. The lowest BCUT2D eigenvalue weighted by Gasteiger charge is -2.12. The lowest BCUT2D eigenvalue weighted by atomic mass is 10.2. The topological polar surface area (TPSA) is 75.6 Å². The monoisotopic (exact) mass is 217 g/mol. The summed E-state index contributed by atoms with van der Waals surface area (Å²) in [4.78, 5) is 21.4. The first kappa shape index (κ1) is 13.9. The van der Waals surface area contributed by atoms with E-state index in [1.807, 2.05) is 6.92 Å². The van der Waals surface area contributed by atoms with E-state index in [2.05, 4.69) is 5.32 Å². The maximum absolute atomic E-state index is 11.3. The molecule has 1 amide bonds. The molecule has 5 heteroatoms. The fraction of sp³-hybridized carbons (Fsp3) is 0.800. The van der Waals surface area contributed by atoms with E-state index in [0.29, 0.717) is 25.9 Å². The van der Waals surface area contributed by atoms with E-state index in [-0.39, 0.29) is 18.4 Å². The Bertz CT molecular complexity index is 206. The van der Waals surface area contributed by atoms with Crippen LogP contribution in [0, 0.1) is 0 Å². The van der Waals surface area contributed by atoms with Crippen LogP contribution in [0.25, 0.3) is 0 Å². The normalized spacial score (nSPS) is 12.1. The molecule has 0 rings (SSSR count). The third-order valence-electron chi connectivity index (χ3n) is 1.87. The highest BCUT2D eigenvalue weighted by atomic mass is 16.5. The Morgan fingerprint density at radius 2 is 1.93 bits per heavy atom. The summed E-state index contributed by atoms with van der Waals surface area (Å²) >= 11 is 0. The van der Waals surface area contributed by atoms with Crippen LogP contribution in [0.15, 0.2) is 0 Å². The molecule has 0 radical (unpaired) electrons. The summed E-state index contributed by atoms with van der Waals surface area (Å²) in [6.45, 7) is 2.35. The minimum atomic E-state index is -0.817. The third-order valence-corrected chi connectivity index (χ3v) is 1.87. The molecule has 0 spiro atoms. The van der Waals surface area contributed by atoms with E-state index in [4.69, 9.17) is 9.84 Å². The van der Waals surface area contributed by atoms with Gasteiger partial charge in [0.2, 0.25) is 5.91 Å². The summed E-state index contributed by atoms with van der Waals surface area (Å²) in [5.41, 5.74) is 0. The maximum Gasteiger partial charge on any atom is 0.303 e. The van der Waals surface area contributed by atoms with Crippen molar-refractivity contribution in [3.8, 4) is 0 Å². The van der Waals surface area contributed by atoms with Crippen LogP contribution in [0.3, 0.4) is 0 Å². The Labute approximate surface area is 89.8 Å². The lowest BCUT2D eigenvalue weighted by Crippen LogP contribution is -2.35. The molecular weight excluding hydrogens is 198 g/mol. The van der Waals surface area contributed by atoms with Crippen molar-refractivity contribution in [2.75, 3.05) is 13.7 Å². The van der Waals surface area contributed by atoms with Gasteiger partial charge in [0, 0.05) is 26.0 Å². The van der Waals surface area contributed by atoms with Crippen molar-refractivity contribution in [3.05, 3.63) is 0 Å². The number of carboxylic acids is 1. The number of carbonyl (C=O) groups excluding carboxylic acids is 1. The molecule has 1 unspecified atom stereocenters. The molecule has 0 aromatic rings. The average molecular weight is 217 g/mol. The van der Waals surface area contributed by atoms with E-state index in [9.17, 15) is 9.59 Å². The molecule has 1 atom stereocenters. The SMILES string of the molecule is COCC(C)NC(=O)CCCCC(=O)O. The van der Waals surface area contributed by atoms with Gasteiger partial charge in [0.1, 0.15) is 0 Å². The van der Waals surface area contributed by atoms with Crippen molar-refractivity contribution >= 4 is 11.9 Å². The van der Waals surface area contributed by atoms with E-state index < -0.39 is 5.97 Å².